The molecule has 0 heterocycles. The molecular formula is C14H16Cl2O2. The Balaban J connectivity index is 2.45. The van der Waals surface area contributed by atoms with Crippen LogP contribution in [0.4, 0.5) is 0 Å². The zero-order chi connectivity index (χ0) is 13.4. The Hall–Kier alpha value is -0.830. The number of hydrogen-bond acceptors (Lipinski definition) is 2. The highest BCUT2D eigenvalue weighted by Gasteiger charge is 2.25. The third kappa shape index (κ3) is 4.81. The molecule has 1 aromatic carbocycles. The van der Waals surface area contributed by atoms with Crippen LogP contribution in [0.1, 0.15) is 16.8 Å². The molecule has 18 heavy (non-hydrogen) atoms. The van der Waals surface area contributed by atoms with Crippen LogP contribution in [0.25, 0.3) is 0 Å². The van der Waals surface area contributed by atoms with Crippen molar-refractivity contribution in [3.63, 3.8) is 0 Å². The van der Waals surface area contributed by atoms with Gasteiger partial charge in [-0.1, -0.05) is 36.4 Å². The minimum Gasteiger partial charge on any atom is -0.380 e. The van der Waals surface area contributed by atoms with Crippen LogP contribution in [0.3, 0.4) is 0 Å². The van der Waals surface area contributed by atoms with Crippen molar-refractivity contribution in [2.24, 2.45) is 0 Å². The molecule has 0 saturated heterocycles. The average Bonchev–Trinajstić information content (AvgIpc) is 2.42. The van der Waals surface area contributed by atoms with Gasteiger partial charge in [0.2, 0.25) is 0 Å². The summed E-state index contributed by atoms with van der Waals surface area (Å²) in [6.07, 6.45) is 2.51. The zero-order valence-electron chi connectivity index (χ0n) is 10.0. The number of benzene rings is 1. The SMILES string of the molecule is C=CCCOCC(Cl)C(Cl)C(=O)c1ccccc1. The Morgan fingerprint density at radius 2 is 2.00 bits per heavy atom. The highest BCUT2D eigenvalue weighted by atomic mass is 35.5. The molecule has 98 valence electrons. The van der Waals surface area contributed by atoms with E-state index in [2.05, 4.69) is 6.58 Å². The fourth-order valence-corrected chi connectivity index (χ4v) is 1.78. The van der Waals surface area contributed by atoms with Crippen LogP contribution >= 0.6 is 23.2 Å². The van der Waals surface area contributed by atoms with Crippen LogP contribution in [0.2, 0.25) is 0 Å². The van der Waals surface area contributed by atoms with Crippen LogP contribution in [0.5, 0.6) is 0 Å². The smallest absolute Gasteiger partial charge is 0.182 e. The predicted octanol–water partition coefficient (Wildman–Crippen LogP) is 3.68. The molecule has 0 fully saturated rings. The Labute approximate surface area is 118 Å². The lowest BCUT2D eigenvalue weighted by Gasteiger charge is -2.15. The minimum atomic E-state index is -0.780. The van der Waals surface area contributed by atoms with Gasteiger partial charge in [-0.3, -0.25) is 4.79 Å². The van der Waals surface area contributed by atoms with E-state index < -0.39 is 10.8 Å². The van der Waals surface area contributed by atoms with Gasteiger partial charge >= 0.3 is 0 Å². The maximum absolute atomic E-state index is 12.0. The van der Waals surface area contributed by atoms with E-state index in [0.29, 0.717) is 12.2 Å². The fourth-order valence-electron chi connectivity index (χ4n) is 1.37. The van der Waals surface area contributed by atoms with E-state index in [0.717, 1.165) is 6.42 Å². The number of carbonyl (C=O) groups is 1. The number of ketones is 1. The third-order valence-electron chi connectivity index (χ3n) is 2.37. The molecule has 0 aliphatic rings. The van der Waals surface area contributed by atoms with Gasteiger partial charge in [0, 0.05) is 5.56 Å². The number of carbonyl (C=O) groups excluding carboxylic acids is 1. The van der Waals surface area contributed by atoms with Gasteiger partial charge in [-0.15, -0.1) is 29.8 Å². The van der Waals surface area contributed by atoms with Gasteiger partial charge in [0.25, 0.3) is 0 Å². The van der Waals surface area contributed by atoms with Crippen molar-refractivity contribution in [3.8, 4) is 0 Å². The highest BCUT2D eigenvalue weighted by Crippen LogP contribution is 2.16. The number of rotatable bonds is 8. The normalized spacial score (nSPS) is 13.9. The van der Waals surface area contributed by atoms with Gasteiger partial charge in [-0.25, -0.2) is 0 Å². The van der Waals surface area contributed by atoms with Gasteiger partial charge in [-0.05, 0) is 6.42 Å². The van der Waals surface area contributed by atoms with Crippen molar-refractivity contribution in [1.29, 1.82) is 0 Å². The molecule has 1 aromatic rings. The van der Waals surface area contributed by atoms with E-state index in [1.54, 1.807) is 30.3 Å². The van der Waals surface area contributed by atoms with Crippen molar-refractivity contribution in [2.45, 2.75) is 17.2 Å². The summed E-state index contributed by atoms with van der Waals surface area (Å²) in [6.45, 7) is 4.38. The first-order valence-electron chi connectivity index (χ1n) is 5.73. The standard InChI is InChI=1S/C14H16Cl2O2/c1-2-3-9-18-10-12(15)13(16)14(17)11-7-5-4-6-8-11/h2,4-8,12-13H,1,3,9-10H2. The number of halogens is 2. The van der Waals surface area contributed by atoms with Crippen LogP contribution in [-0.2, 0) is 4.74 Å². The summed E-state index contributed by atoms with van der Waals surface area (Å²) >= 11 is 12.1. The van der Waals surface area contributed by atoms with E-state index in [1.165, 1.54) is 0 Å². The van der Waals surface area contributed by atoms with Crippen LogP contribution in [0.15, 0.2) is 43.0 Å². The molecular weight excluding hydrogens is 271 g/mol. The van der Waals surface area contributed by atoms with Gasteiger partial charge in [0.15, 0.2) is 5.78 Å². The van der Waals surface area contributed by atoms with E-state index in [-0.39, 0.29) is 12.4 Å². The highest BCUT2D eigenvalue weighted by molar-refractivity contribution is 6.39. The summed E-state index contributed by atoms with van der Waals surface area (Å²) in [5.41, 5.74) is 0.564. The number of Topliss-reactive ketones (excluding diaryl/α,β-unsaturated/α-hetero) is 1. The molecule has 2 atom stereocenters. The summed E-state index contributed by atoms with van der Waals surface area (Å²) in [7, 11) is 0. The molecule has 0 spiro atoms. The van der Waals surface area contributed by atoms with Gasteiger partial charge in [0.1, 0.15) is 5.38 Å². The quantitative estimate of drug-likeness (QED) is 0.315. The Bertz CT molecular complexity index is 379. The van der Waals surface area contributed by atoms with Gasteiger partial charge in [-0.2, -0.15) is 0 Å². The summed E-state index contributed by atoms with van der Waals surface area (Å²) in [4.78, 5) is 12.0. The molecule has 0 aliphatic carbocycles. The summed E-state index contributed by atoms with van der Waals surface area (Å²) in [5, 5.41) is -1.32. The third-order valence-corrected chi connectivity index (χ3v) is 3.38. The first-order valence-corrected chi connectivity index (χ1v) is 6.60. The molecule has 0 amide bonds. The molecule has 4 heteroatoms. The van der Waals surface area contributed by atoms with Crippen molar-refractivity contribution < 1.29 is 9.53 Å². The minimum absolute atomic E-state index is 0.176. The summed E-state index contributed by atoms with van der Waals surface area (Å²) in [6, 6.07) is 8.87. The first-order chi connectivity index (χ1) is 8.66. The number of alkyl halides is 2. The van der Waals surface area contributed by atoms with Crippen molar-refractivity contribution in [3.05, 3.63) is 48.6 Å². The molecule has 0 aromatic heterocycles. The lowest BCUT2D eigenvalue weighted by Crippen LogP contribution is -2.29. The molecule has 2 unspecified atom stereocenters. The monoisotopic (exact) mass is 286 g/mol. The molecule has 0 aliphatic heterocycles. The molecule has 0 saturated carbocycles. The van der Waals surface area contributed by atoms with E-state index >= 15 is 0 Å². The second-order valence-corrected chi connectivity index (χ2v) is 4.83. The summed E-state index contributed by atoms with van der Waals surface area (Å²) in [5.74, 6) is -0.176. The number of ether oxygens (including phenoxy) is 1. The second-order valence-electron chi connectivity index (χ2n) is 3.80. The van der Waals surface area contributed by atoms with E-state index in [1.807, 2.05) is 6.07 Å². The van der Waals surface area contributed by atoms with Crippen molar-refractivity contribution in [1.82, 2.24) is 0 Å². The Kier molecular flexibility index (Phi) is 7.02. The van der Waals surface area contributed by atoms with Crippen LogP contribution in [0, 0.1) is 0 Å². The average molecular weight is 287 g/mol. The largest absolute Gasteiger partial charge is 0.380 e. The van der Waals surface area contributed by atoms with E-state index in [4.69, 9.17) is 27.9 Å². The van der Waals surface area contributed by atoms with Crippen molar-refractivity contribution >= 4 is 29.0 Å². The summed E-state index contributed by atoms with van der Waals surface area (Å²) < 4.78 is 5.30. The molecule has 0 radical (unpaired) electrons. The van der Waals surface area contributed by atoms with Crippen LogP contribution < -0.4 is 0 Å². The lowest BCUT2D eigenvalue weighted by molar-refractivity contribution is 0.0952. The van der Waals surface area contributed by atoms with E-state index in [9.17, 15) is 4.79 Å². The Morgan fingerprint density at radius 3 is 2.61 bits per heavy atom. The first kappa shape index (κ1) is 15.2. The molecule has 1 rings (SSSR count). The number of hydrogen-bond donors (Lipinski definition) is 0. The zero-order valence-corrected chi connectivity index (χ0v) is 11.5. The lowest BCUT2D eigenvalue weighted by atomic mass is 10.1. The Morgan fingerprint density at radius 1 is 1.33 bits per heavy atom. The molecule has 2 nitrogen and oxygen atoms in total. The van der Waals surface area contributed by atoms with Crippen molar-refractivity contribution in [2.75, 3.05) is 13.2 Å². The maximum atomic E-state index is 12.0. The second kappa shape index (κ2) is 8.30. The van der Waals surface area contributed by atoms with Gasteiger partial charge < -0.3 is 4.74 Å². The molecule has 0 N–H and O–H groups in total. The topological polar surface area (TPSA) is 26.3 Å². The van der Waals surface area contributed by atoms with Crippen LogP contribution in [-0.4, -0.2) is 29.8 Å². The van der Waals surface area contributed by atoms with Gasteiger partial charge in [0.05, 0.1) is 18.6 Å². The molecule has 0 bridgehead atoms. The maximum Gasteiger partial charge on any atom is 0.182 e. The fraction of sp³-hybridized carbons (Fsp3) is 0.357. The predicted molar refractivity (Wildman–Crippen MR) is 75.7 cm³/mol.